The summed E-state index contributed by atoms with van der Waals surface area (Å²) >= 11 is 0. The van der Waals surface area contributed by atoms with Gasteiger partial charge in [-0.3, -0.25) is 14.4 Å². The molecule has 0 aromatic heterocycles. The average Bonchev–Trinajstić information content (AvgIpc) is 2.72. The molecule has 2 aromatic rings. The van der Waals surface area contributed by atoms with Crippen LogP contribution >= 0.6 is 0 Å². The van der Waals surface area contributed by atoms with Crippen molar-refractivity contribution >= 4 is 23.3 Å². The normalized spacial score (nSPS) is 13.3. The Morgan fingerprint density at radius 3 is 2.45 bits per heavy atom. The second-order valence-corrected chi connectivity index (χ2v) is 6.41. The van der Waals surface area contributed by atoms with E-state index in [1.807, 2.05) is 0 Å². The number of hydrogen-bond acceptors (Lipinski definition) is 6. The average molecular weight is 401 g/mol. The van der Waals surface area contributed by atoms with Crippen molar-refractivity contribution < 1.29 is 33.0 Å². The molecule has 3 rings (SSSR count). The maximum Gasteiger partial charge on any atom is 0.307 e. The second kappa shape index (κ2) is 9.18. The summed E-state index contributed by atoms with van der Waals surface area (Å²) in [6, 6.07) is 10.0. The Morgan fingerprint density at radius 2 is 1.72 bits per heavy atom. The van der Waals surface area contributed by atoms with E-state index in [-0.39, 0.29) is 18.6 Å². The fourth-order valence-corrected chi connectivity index (χ4v) is 2.67. The van der Waals surface area contributed by atoms with Crippen LogP contribution in [-0.2, 0) is 14.3 Å². The number of rotatable bonds is 7. The second-order valence-electron chi connectivity index (χ2n) is 6.41. The minimum atomic E-state index is -1.04. The van der Waals surface area contributed by atoms with Crippen LogP contribution in [0, 0.1) is 5.82 Å². The summed E-state index contributed by atoms with van der Waals surface area (Å²) in [6.07, 6.45) is -1.32. The molecule has 7 nitrogen and oxygen atoms in total. The maximum atomic E-state index is 12.9. The van der Waals surface area contributed by atoms with Crippen molar-refractivity contribution in [3.8, 4) is 11.5 Å². The van der Waals surface area contributed by atoms with Crippen molar-refractivity contribution in [1.29, 1.82) is 0 Å². The maximum absolute atomic E-state index is 12.9. The van der Waals surface area contributed by atoms with Gasteiger partial charge in [-0.25, -0.2) is 4.39 Å². The Kier molecular flexibility index (Phi) is 6.43. The summed E-state index contributed by atoms with van der Waals surface area (Å²) in [5, 5.41) is 2.64. The summed E-state index contributed by atoms with van der Waals surface area (Å²) in [7, 11) is 0. The third-order valence-corrected chi connectivity index (χ3v) is 4.21. The summed E-state index contributed by atoms with van der Waals surface area (Å²) in [6.45, 7) is 2.33. The number of esters is 1. The third kappa shape index (κ3) is 5.54. The zero-order valence-electron chi connectivity index (χ0n) is 15.8. The molecule has 0 unspecified atom stereocenters. The Hall–Kier alpha value is -3.42. The highest BCUT2D eigenvalue weighted by atomic mass is 19.1. The highest BCUT2D eigenvalue weighted by Crippen LogP contribution is 2.32. The van der Waals surface area contributed by atoms with Crippen LogP contribution in [0.1, 0.15) is 30.1 Å². The van der Waals surface area contributed by atoms with Crippen LogP contribution in [0.25, 0.3) is 0 Å². The number of halogens is 1. The third-order valence-electron chi connectivity index (χ3n) is 4.21. The van der Waals surface area contributed by atoms with Gasteiger partial charge < -0.3 is 19.5 Å². The minimum Gasteiger partial charge on any atom is -0.486 e. The molecular formula is C21H20FNO6. The van der Waals surface area contributed by atoms with Crippen molar-refractivity contribution in [2.75, 3.05) is 18.5 Å². The first-order valence-electron chi connectivity index (χ1n) is 9.11. The first-order chi connectivity index (χ1) is 13.9. The molecule has 1 N–H and O–H groups in total. The van der Waals surface area contributed by atoms with Crippen LogP contribution in [0.4, 0.5) is 10.1 Å². The summed E-state index contributed by atoms with van der Waals surface area (Å²) in [4.78, 5) is 36.2. The molecule has 0 saturated heterocycles. The molecular weight excluding hydrogens is 381 g/mol. The minimum absolute atomic E-state index is 0.0963. The number of benzene rings is 2. The predicted octanol–water partition coefficient (Wildman–Crippen LogP) is 3.13. The van der Waals surface area contributed by atoms with Crippen molar-refractivity contribution in [3.05, 3.63) is 53.8 Å². The zero-order chi connectivity index (χ0) is 20.8. The number of fused-ring (bicyclic) bond motifs is 1. The lowest BCUT2D eigenvalue weighted by Gasteiger charge is -2.19. The van der Waals surface area contributed by atoms with Crippen LogP contribution in [0.2, 0.25) is 0 Å². The quantitative estimate of drug-likeness (QED) is 0.566. The molecule has 0 spiro atoms. The molecule has 29 heavy (non-hydrogen) atoms. The van der Waals surface area contributed by atoms with Crippen LogP contribution in [0.3, 0.4) is 0 Å². The van der Waals surface area contributed by atoms with Crippen molar-refractivity contribution in [2.45, 2.75) is 25.9 Å². The monoisotopic (exact) mass is 401 g/mol. The van der Waals surface area contributed by atoms with Gasteiger partial charge in [0.05, 0.1) is 6.42 Å². The van der Waals surface area contributed by atoms with Gasteiger partial charge in [-0.1, -0.05) is 0 Å². The van der Waals surface area contributed by atoms with E-state index in [1.165, 1.54) is 31.2 Å². The van der Waals surface area contributed by atoms with Gasteiger partial charge in [0.2, 0.25) is 0 Å². The molecule has 1 atom stereocenters. The molecule has 2 aromatic carbocycles. The Bertz CT molecular complexity index is 912. The van der Waals surface area contributed by atoms with E-state index in [1.54, 1.807) is 18.2 Å². The molecule has 1 heterocycles. The molecule has 0 radical (unpaired) electrons. The van der Waals surface area contributed by atoms with Gasteiger partial charge >= 0.3 is 5.97 Å². The number of carbonyl (C=O) groups excluding carboxylic acids is 3. The van der Waals surface area contributed by atoms with Crippen molar-refractivity contribution in [2.24, 2.45) is 0 Å². The van der Waals surface area contributed by atoms with Crippen LogP contribution in [0.15, 0.2) is 42.5 Å². The fraction of sp³-hybridized carbons (Fsp3) is 0.286. The molecule has 0 saturated carbocycles. The van der Waals surface area contributed by atoms with E-state index in [0.29, 0.717) is 36.0 Å². The van der Waals surface area contributed by atoms with Crippen molar-refractivity contribution in [1.82, 2.24) is 0 Å². The van der Waals surface area contributed by atoms with E-state index >= 15 is 0 Å². The predicted molar refractivity (Wildman–Crippen MR) is 102 cm³/mol. The number of nitrogens with one attached hydrogen (secondary N) is 1. The van der Waals surface area contributed by atoms with Gasteiger partial charge in [0.25, 0.3) is 5.91 Å². The number of carbonyl (C=O) groups is 3. The molecule has 1 amide bonds. The van der Waals surface area contributed by atoms with E-state index in [0.717, 1.165) is 0 Å². The van der Waals surface area contributed by atoms with Crippen LogP contribution < -0.4 is 14.8 Å². The van der Waals surface area contributed by atoms with Gasteiger partial charge in [0, 0.05) is 23.7 Å². The van der Waals surface area contributed by atoms with Crippen LogP contribution in [-0.4, -0.2) is 37.0 Å². The van der Waals surface area contributed by atoms with E-state index in [2.05, 4.69) is 5.32 Å². The summed E-state index contributed by atoms with van der Waals surface area (Å²) in [5.74, 6) is -0.822. The largest absolute Gasteiger partial charge is 0.486 e. The molecule has 1 aliphatic rings. The topological polar surface area (TPSA) is 90.9 Å². The van der Waals surface area contributed by atoms with E-state index < -0.39 is 23.8 Å². The smallest absolute Gasteiger partial charge is 0.307 e. The van der Waals surface area contributed by atoms with Gasteiger partial charge in [-0.05, 0) is 43.3 Å². The molecule has 0 bridgehead atoms. The highest BCUT2D eigenvalue weighted by Gasteiger charge is 2.20. The standard InChI is InChI=1S/C21H20FNO6/c1-13(21(26)23-16-6-8-18-19(12-16)28-11-10-27-18)29-20(25)9-7-17(24)14-2-4-15(22)5-3-14/h2-6,8,12-13H,7,9-11H2,1H3,(H,23,26)/t13-/m1/s1. The zero-order valence-corrected chi connectivity index (χ0v) is 15.8. The fourth-order valence-electron chi connectivity index (χ4n) is 2.67. The van der Waals surface area contributed by atoms with Gasteiger partial charge in [0.1, 0.15) is 19.0 Å². The number of ether oxygens (including phenoxy) is 3. The van der Waals surface area contributed by atoms with Gasteiger partial charge in [-0.2, -0.15) is 0 Å². The SMILES string of the molecule is C[C@@H](OC(=O)CCC(=O)c1ccc(F)cc1)C(=O)Nc1ccc2c(c1)OCCO2. The molecule has 152 valence electrons. The molecule has 0 fully saturated rings. The van der Waals surface area contributed by atoms with Gasteiger partial charge in [-0.15, -0.1) is 0 Å². The summed E-state index contributed by atoms with van der Waals surface area (Å²) < 4.78 is 28.8. The Labute approximate surface area is 166 Å². The van der Waals surface area contributed by atoms with Crippen LogP contribution in [0.5, 0.6) is 11.5 Å². The Morgan fingerprint density at radius 1 is 1.03 bits per heavy atom. The number of hydrogen-bond donors (Lipinski definition) is 1. The van der Waals surface area contributed by atoms with E-state index in [4.69, 9.17) is 14.2 Å². The number of anilines is 1. The highest BCUT2D eigenvalue weighted by molar-refractivity contribution is 5.98. The van der Waals surface area contributed by atoms with Crippen molar-refractivity contribution in [3.63, 3.8) is 0 Å². The molecule has 1 aliphatic heterocycles. The number of amides is 1. The van der Waals surface area contributed by atoms with Gasteiger partial charge in [0.15, 0.2) is 23.4 Å². The summed E-state index contributed by atoms with van der Waals surface area (Å²) in [5.41, 5.74) is 0.789. The Balaban J connectivity index is 1.47. The number of ketones is 1. The lowest BCUT2D eigenvalue weighted by Crippen LogP contribution is -2.30. The lowest BCUT2D eigenvalue weighted by molar-refractivity contribution is -0.153. The molecule has 0 aliphatic carbocycles. The first-order valence-corrected chi connectivity index (χ1v) is 9.11. The first kappa shape index (κ1) is 20.3. The van der Waals surface area contributed by atoms with E-state index in [9.17, 15) is 18.8 Å². The lowest BCUT2D eigenvalue weighted by atomic mass is 10.1. The molecule has 8 heteroatoms. The number of Topliss-reactive ketones (excluding diaryl/α,β-unsaturated/α-hetero) is 1.